The predicted octanol–water partition coefficient (Wildman–Crippen LogP) is 2.97. The van der Waals surface area contributed by atoms with Crippen molar-refractivity contribution in [2.75, 3.05) is 17.3 Å². The highest BCUT2D eigenvalue weighted by atomic mass is 32.2. The lowest BCUT2D eigenvalue weighted by atomic mass is 10.0. The largest absolute Gasteiger partial charge is 0.368 e. The van der Waals surface area contributed by atoms with Crippen LogP contribution < -0.4 is 11.1 Å². The fourth-order valence-corrected chi connectivity index (χ4v) is 2.20. The number of thioether (sulfide) groups is 1. The molecule has 106 valence electrons. The standard InChI is InChI=1S/C14H19N5S/c1-8-5-6-11(7-9(8)2)10(3)16-13-17-12(15)18-14(19-13)20-4/h5-7,10H,1-4H3,(H3,15,16,17,18,19). The average Bonchev–Trinajstić information content (AvgIpc) is 2.41. The van der Waals surface area contributed by atoms with Gasteiger partial charge in [0.15, 0.2) is 5.16 Å². The van der Waals surface area contributed by atoms with E-state index in [0.29, 0.717) is 11.1 Å². The molecule has 0 aliphatic carbocycles. The molecule has 3 N–H and O–H groups in total. The van der Waals surface area contributed by atoms with E-state index < -0.39 is 0 Å². The van der Waals surface area contributed by atoms with Gasteiger partial charge in [0.25, 0.3) is 0 Å². The molecule has 6 heteroatoms. The summed E-state index contributed by atoms with van der Waals surface area (Å²) in [6.07, 6.45) is 1.91. The molecular formula is C14H19N5S. The number of rotatable bonds is 4. The number of nitrogens with one attached hydrogen (secondary N) is 1. The van der Waals surface area contributed by atoms with Crippen LogP contribution in [0.4, 0.5) is 11.9 Å². The van der Waals surface area contributed by atoms with Crippen molar-refractivity contribution in [3.8, 4) is 0 Å². The Bertz CT molecular complexity index is 615. The summed E-state index contributed by atoms with van der Waals surface area (Å²) < 4.78 is 0. The van der Waals surface area contributed by atoms with Crippen LogP contribution in [-0.2, 0) is 0 Å². The molecule has 0 bridgehead atoms. The molecule has 0 spiro atoms. The van der Waals surface area contributed by atoms with Gasteiger partial charge >= 0.3 is 0 Å². The summed E-state index contributed by atoms with van der Waals surface area (Å²) in [5, 5.41) is 3.88. The van der Waals surface area contributed by atoms with E-state index in [1.165, 1.54) is 28.5 Å². The predicted molar refractivity (Wildman–Crippen MR) is 84.0 cm³/mol. The van der Waals surface area contributed by atoms with Gasteiger partial charge in [0, 0.05) is 0 Å². The van der Waals surface area contributed by atoms with E-state index in [-0.39, 0.29) is 12.0 Å². The molecule has 0 aliphatic heterocycles. The van der Waals surface area contributed by atoms with Crippen molar-refractivity contribution in [1.82, 2.24) is 15.0 Å². The third kappa shape index (κ3) is 3.39. The fraction of sp³-hybridized carbons (Fsp3) is 0.357. The van der Waals surface area contributed by atoms with Crippen molar-refractivity contribution < 1.29 is 0 Å². The summed E-state index contributed by atoms with van der Waals surface area (Å²) in [5.74, 6) is 0.742. The highest BCUT2D eigenvalue weighted by molar-refractivity contribution is 7.98. The zero-order chi connectivity index (χ0) is 14.7. The van der Waals surface area contributed by atoms with Crippen molar-refractivity contribution in [3.63, 3.8) is 0 Å². The molecule has 1 unspecified atom stereocenters. The maximum atomic E-state index is 5.68. The molecule has 20 heavy (non-hydrogen) atoms. The van der Waals surface area contributed by atoms with Gasteiger partial charge in [-0.05, 0) is 43.7 Å². The van der Waals surface area contributed by atoms with Crippen LogP contribution in [0.2, 0.25) is 0 Å². The minimum Gasteiger partial charge on any atom is -0.368 e. The molecule has 0 radical (unpaired) electrons. The first-order valence-electron chi connectivity index (χ1n) is 6.39. The number of anilines is 2. The molecule has 5 nitrogen and oxygen atoms in total. The summed E-state index contributed by atoms with van der Waals surface area (Å²) in [6.45, 7) is 6.29. The molecule has 1 aromatic heterocycles. The van der Waals surface area contributed by atoms with E-state index in [1.807, 2.05) is 6.26 Å². The second-order valence-corrected chi connectivity index (χ2v) is 5.49. The van der Waals surface area contributed by atoms with Gasteiger partial charge < -0.3 is 11.1 Å². The summed E-state index contributed by atoms with van der Waals surface area (Å²) in [4.78, 5) is 12.5. The van der Waals surface area contributed by atoms with Crippen molar-refractivity contribution in [1.29, 1.82) is 0 Å². The van der Waals surface area contributed by atoms with Crippen LogP contribution in [0.1, 0.15) is 29.7 Å². The van der Waals surface area contributed by atoms with Gasteiger partial charge in [0.2, 0.25) is 11.9 Å². The molecule has 1 atom stereocenters. The Hall–Kier alpha value is -1.82. The minimum absolute atomic E-state index is 0.103. The molecule has 2 aromatic rings. The topological polar surface area (TPSA) is 76.7 Å². The van der Waals surface area contributed by atoms with Gasteiger partial charge in [-0.25, -0.2) is 0 Å². The Morgan fingerprint density at radius 1 is 1.15 bits per heavy atom. The number of aryl methyl sites for hydroxylation is 2. The number of benzene rings is 1. The Labute approximate surface area is 123 Å². The third-order valence-electron chi connectivity index (χ3n) is 3.19. The third-order valence-corrected chi connectivity index (χ3v) is 3.74. The Balaban J connectivity index is 2.20. The Kier molecular flexibility index (Phi) is 4.44. The monoisotopic (exact) mass is 289 g/mol. The molecule has 0 saturated heterocycles. The van der Waals surface area contributed by atoms with Gasteiger partial charge in [0.05, 0.1) is 6.04 Å². The number of nitrogens with zero attached hydrogens (tertiary/aromatic N) is 3. The summed E-state index contributed by atoms with van der Waals surface area (Å²) in [6, 6.07) is 6.51. The summed E-state index contributed by atoms with van der Waals surface area (Å²) in [5.41, 5.74) is 9.43. The minimum atomic E-state index is 0.103. The van der Waals surface area contributed by atoms with Gasteiger partial charge in [-0.15, -0.1) is 0 Å². The Morgan fingerprint density at radius 3 is 2.55 bits per heavy atom. The van der Waals surface area contributed by atoms with Crippen LogP contribution in [0, 0.1) is 13.8 Å². The normalized spacial score (nSPS) is 12.2. The number of hydrogen-bond acceptors (Lipinski definition) is 6. The van der Waals surface area contributed by atoms with Crippen LogP contribution in [-0.4, -0.2) is 21.2 Å². The highest BCUT2D eigenvalue weighted by Crippen LogP contribution is 2.21. The molecule has 1 heterocycles. The van der Waals surface area contributed by atoms with Crippen LogP contribution in [0.5, 0.6) is 0 Å². The van der Waals surface area contributed by atoms with Crippen LogP contribution in [0.3, 0.4) is 0 Å². The van der Waals surface area contributed by atoms with Crippen LogP contribution >= 0.6 is 11.8 Å². The second kappa shape index (κ2) is 6.09. The van der Waals surface area contributed by atoms with Gasteiger partial charge in [-0.2, -0.15) is 15.0 Å². The van der Waals surface area contributed by atoms with Crippen molar-refractivity contribution in [2.24, 2.45) is 0 Å². The maximum Gasteiger partial charge on any atom is 0.228 e. The lowest BCUT2D eigenvalue weighted by Crippen LogP contribution is -2.12. The molecule has 0 fully saturated rings. The van der Waals surface area contributed by atoms with Crippen LogP contribution in [0.15, 0.2) is 23.4 Å². The second-order valence-electron chi connectivity index (χ2n) is 4.71. The van der Waals surface area contributed by atoms with Crippen molar-refractivity contribution >= 4 is 23.7 Å². The average molecular weight is 289 g/mol. The molecule has 0 amide bonds. The quantitative estimate of drug-likeness (QED) is 0.843. The zero-order valence-corrected chi connectivity index (χ0v) is 13.0. The fourth-order valence-electron chi connectivity index (χ4n) is 1.84. The van der Waals surface area contributed by atoms with Gasteiger partial charge in [-0.1, -0.05) is 30.0 Å². The summed E-state index contributed by atoms with van der Waals surface area (Å²) >= 11 is 1.44. The number of nitrogen functional groups attached to an aromatic ring is 1. The van der Waals surface area contributed by atoms with E-state index in [9.17, 15) is 0 Å². The first-order valence-corrected chi connectivity index (χ1v) is 7.61. The Morgan fingerprint density at radius 2 is 1.90 bits per heavy atom. The van der Waals surface area contributed by atoms with E-state index in [0.717, 1.165) is 0 Å². The first kappa shape index (κ1) is 14.6. The van der Waals surface area contributed by atoms with E-state index >= 15 is 0 Å². The van der Waals surface area contributed by atoms with E-state index in [2.05, 4.69) is 59.2 Å². The zero-order valence-electron chi connectivity index (χ0n) is 12.1. The van der Waals surface area contributed by atoms with Gasteiger partial charge in [0.1, 0.15) is 0 Å². The lowest BCUT2D eigenvalue weighted by molar-refractivity contribution is 0.829. The summed E-state index contributed by atoms with van der Waals surface area (Å²) in [7, 11) is 0. The van der Waals surface area contributed by atoms with E-state index in [1.54, 1.807) is 0 Å². The van der Waals surface area contributed by atoms with E-state index in [4.69, 9.17) is 5.73 Å². The first-order chi connectivity index (χ1) is 9.49. The smallest absolute Gasteiger partial charge is 0.228 e. The number of nitrogens with two attached hydrogens (primary N) is 1. The highest BCUT2D eigenvalue weighted by Gasteiger charge is 2.10. The molecule has 1 aromatic carbocycles. The maximum absolute atomic E-state index is 5.68. The molecule has 2 rings (SSSR count). The number of aromatic nitrogens is 3. The molecule has 0 saturated carbocycles. The van der Waals surface area contributed by atoms with Gasteiger partial charge in [-0.3, -0.25) is 0 Å². The van der Waals surface area contributed by atoms with Crippen LogP contribution in [0.25, 0.3) is 0 Å². The SMILES string of the molecule is CSc1nc(N)nc(NC(C)c2ccc(C)c(C)c2)n1. The van der Waals surface area contributed by atoms with Crippen molar-refractivity contribution in [3.05, 3.63) is 34.9 Å². The van der Waals surface area contributed by atoms with Crippen molar-refractivity contribution in [2.45, 2.75) is 32.0 Å². The lowest BCUT2D eigenvalue weighted by Gasteiger charge is -2.16. The molecular weight excluding hydrogens is 270 g/mol. The molecule has 0 aliphatic rings. The number of hydrogen-bond donors (Lipinski definition) is 2.